The number of nitrogen functional groups attached to an aromatic ring is 1. The number of aliphatic hydroxyl groups excluding tert-OH is 1. The third-order valence-corrected chi connectivity index (χ3v) is 7.88. The summed E-state index contributed by atoms with van der Waals surface area (Å²) in [4.78, 5) is 54.9. The lowest BCUT2D eigenvalue weighted by atomic mass is 9.93. The molecule has 0 saturated carbocycles. The number of phosphoric acid groups is 3. The SMILES string of the molecule is C[C@@H](OP(=O)(O)OP(=O)(O)OP(=O)(O)O)[C@H]1O[C@@H](n2cnc(N)nc2=O)C(O)(C#CCF)[C@H]1O. The van der Waals surface area contributed by atoms with Crippen molar-refractivity contribution in [3.63, 3.8) is 0 Å². The lowest BCUT2D eigenvalue weighted by Crippen LogP contribution is -2.49. The van der Waals surface area contributed by atoms with E-state index in [0.29, 0.717) is 4.57 Å². The zero-order valence-electron chi connectivity index (χ0n) is 16.7. The zero-order chi connectivity index (χ0) is 26.1. The van der Waals surface area contributed by atoms with Crippen LogP contribution >= 0.6 is 23.5 Å². The van der Waals surface area contributed by atoms with Crippen molar-refractivity contribution in [2.45, 2.75) is 37.1 Å². The minimum atomic E-state index is -5.84. The number of halogens is 1. The molecule has 7 atom stereocenters. The van der Waals surface area contributed by atoms with Crippen LogP contribution in [0.3, 0.4) is 0 Å². The molecule has 1 fully saturated rings. The molecule has 1 aliphatic rings. The maximum atomic E-state index is 12.6. The molecule has 0 spiro atoms. The van der Waals surface area contributed by atoms with E-state index in [-0.39, 0.29) is 0 Å². The van der Waals surface area contributed by atoms with Crippen molar-refractivity contribution in [3.8, 4) is 11.8 Å². The number of aliphatic hydroxyl groups is 2. The lowest BCUT2D eigenvalue weighted by Gasteiger charge is -2.27. The van der Waals surface area contributed by atoms with Crippen LogP contribution in [-0.2, 0) is 31.6 Å². The van der Waals surface area contributed by atoms with E-state index < -0.39 is 71.9 Å². The summed E-state index contributed by atoms with van der Waals surface area (Å²) in [6.45, 7) is -0.365. The Balaban J connectivity index is 2.34. The van der Waals surface area contributed by atoms with Crippen LogP contribution in [-0.4, -0.2) is 74.9 Å². The van der Waals surface area contributed by atoms with E-state index >= 15 is 0 Å². The van der Waals surface area contributed by atoms with Crippen LogP contribution in [0.15, 0.2) is 11.1 Å². The minimum absolute atomic E-state index is 0.462. The van der Waals surface area contributed by atoms with Crippen molar-refractivity contribution in [2.24, 2.45) is 0 Å². The highest BCUT2D eigenvalue weighted by Crippen LogP contribution is 2.66. The largest absolute Gasteiger partial charge is 0.490 e. The molecule has 0 aromatic carbocycles. The molecule has 8 N–H and O–H groups in total. The summed E-state index contributed by atoms with van der Waals surface area (Å²) in [6, 6.07) is 0. The van der Waals surface area contributed by atoms with Gasteiger partial charge in [0.2, 0.25) is 5.95 Å². The number of ether oxygens (including phenoxy) is 1. The molecular formula is C12H18FN4O14P3. The Morgan fingerprint density at radius 2 is 1.91 bits per heavy atom. The third-order valence-electron chi connectivity index (χ3n) is 3.96. The van der Waals surface area contributed by atoms with E-state index in [0.717, 1.165) is 13.3 Å². The summed E-state index contributed by atoms with van der Waals surface area (Å²) in [5.74, 6) is 3.33. The first-order valence-corrected chi connectivity index (χ1v) is 13.1. The Hall–Kier alpha value is -1.61. The van der Waals surface area contributed by atoms with Gasteiger partial charge in [0.25, 0.3) is 0 Å². The summed E-state index contributed by atoms with van der Waals surface area (Å²) in [6.07, 6.45) is -7.04. The average molecular weight is 554 g/mol. The van der Waals surface area contributed by atoms with Gasteiger partial charge in [-0.05, 0) is 6.92 Å². The van der Waals surface area contributed by atoms with Gasteiger partial charge in [0, 0.05) is 0 Å². The highest BCUT2D eigenvalue weighted by molar-refractivity contribution is 7.66. The molecule has 0 aliphatic carbocycles. The molecule has 2 heterocycles. The first kappa shape index (κ1) is 28.6. The molecule has 192 valence electrons. The summed E-state index contributed by atoms with van der Waals surface area (Å²) in [5.41, 5.74) is 1.38. The zero-order valence-corrected chi connectivity index (χ0v) is 19.4. The molecule has 1 aromatic rings. The number of alkyl halides is 1. The van der Waals surface area contributed by atoms with Crippen molar-refractivity contribution in [1.29, 1.82) is 0 Å². The van der Waals surface area contributed by atoms with Crippen molar-refractivity contribution < 1.29 is 65.8 Å². The number of hydrogen-bond donors (Lipinski definition) is 7. The normalized spacial score (nSPS) is 29.5. The van der Waals surface area contributed by atoms with Crippen molar-refractivity contribution in [3.05, 3.63) is 16.8 Å². The molecule has 18 nitrogen and oxygen atoms in total. The molecule has 34 heavy (non-hydrogen) atoms. The maximum absolute atomic E-state index is 12.6. The Morgan fingerprint density at radius 3 is 2.44 bits per heavy atom. The summed E-state index contributed by atoms with van der Waals surface area (Å²) >= 11 is 0. The quantitative estimate of drug-likeness (QED) is 0.134. The van der Waals surface area contributed by atoms with Crippen LogP contribution in [0.5, 0.6) is 0 Å². The summed E-state index contributed by atoms with van der Waals surface area (Å²) < 4.78 is 64.3. The Kier molecular flexibility index (Phi) is 8.56. The van der Waals surface area contributed by atoms with E-state index in [1.54, 1.807) is 0 Å². The number of rotatable bonds is 8. The first-order chi connectivity index (χ1) is 15.4. The number of aromatic nitrogens is 3. The van der Waals surface area contributed by atoms with E-state index in [9.17, 15) is 42.9 Å². The van der Waals surface area contributed by atoms with Gasteiger partial charge < -0.3 is 40.3 Å². The van der Waals surface area contributed by atoms with Crippen LogP contribution in [0.4, 0.5) is 10.3 Å². The monoisotopic (exact) mass is 554 g/mol. The number of nitrogens with zero attached hydrogens (tertiary/aromatic N) is 3. The molecule has 22 heteroatoms. The molecule has 1 aliphatic heterocycles. The highest BCUT2D eigenvalue weighted by atomic mass is 31.3. The highest BCUT2D eigenvalue weighted by Gasteiger charge is 2.58. The van der Waals surface area contributed by atoms with Gasteiger partial charge in [-0.1, -0.05) is 11.8 Å². The Labute approximate surface area is 188 Å². The molecule has 0 bridgehead atoms. The molecule has 2 rings (SSSR count). The molecule has 1 aromatic heterocycles. The standard InChI is InChI=1S/C12H18FN4O14P3/c1-6(29-33(24,25)31-34(26,27)30-32(21,22)23)7-8(18)12(20,3-2-4-13)9(28-7)17-5-15-10(14)16-11(17)19/h5-9,18,20H,4H2,1H3,(H,24,25)(H,26,27)(H2,14,16,19)(H2,21,22,23)/t6-,7-,8+,9-,12?/m1/s1. The molecule has 0 amide bonds. The third kappa shape index (κ3) is 6.97. The second-order valence-corrected chi connectivity index (χ2v) is 10.8. The van der Waals surface area contributed by atoms with Gasteiger partial charge in [0.1, 0.15) is 25.2 Å². The summed E-state index contributed by atoms with van der Waals surface area (Å²) in [7, 11) is -17.1. The smallest absolute Gasteiger partial charge is 0.386 e. The van der Waals surface area contributed by atoms with Crippen LogP contribution in [0.25, 0.3) is 0 Å². The fourth-order valence-electron chi connectivity index (χ4n) is 2.76. The van der Waals surface area contributed by atoms with Gasteiger partial charge in [0.15, 0.2) is 11.8 Å². The van der Waals surface area contributed by atoms with Gasteiger partial charge >= 0.3 is 29.2 Å². The van der Waals surface area contributed by atoms with Crippen LogP contribution in [0, 0.1) is 11.8 Å². The molecule has 1 saturated heterocycles. The fraction of sp³-hybridized carbons (Fsp3) is 0.583. The summed E-state index contributed by atoms with van der Waals surface area (Å²) in [5, 5.41) is 21.4. The van der Waals surface area contributed by atoms with Gasteiger partial charge in [-0.2, -0.15) is 13.6 Å². The lowest BCUT2D eigenvalue weighted by molar-refractivity contribution is -0.0873. The van der Waals surface area contributed by atoms with E-state index in [2.05, 4.69) is 23.1 Å². The van der Waals surface area contributed by atoms with Gasteiger partial charge in [0.05, 0.1) is 6.10 Å². The van der Waals surface area contributed by atoms with E-state index in [1.165, 1.54) is 0 Å². The van der Waals surface area contributed by atoms with Gasteiger partial charge in [-0.25, -0.2) is 27.9 Å². The van der Waals surface area contributed by atoms with Crippen molar-refractivity contribution in [1.82, 2.24) is 14.5 Å². The Morgan fingerprint density at radius 1 is 1.29 bits per heavy atom. The van der Waals surface area contributed by atoms with Crippen LogP contribution in [0.1, 0.15) is 13.2 Å². The second-order valence-electron chi connectivity index (χ2n) is 6.46. The maximum Gasteiger partial charge on any atom is 0.490 e. The van der Waals surface area contributed by atoms with Gasteiger partial charge in [-0.3, -0.25) is 9.09 Å². The van der Waals surface area contributed by atoms with Crippen molar-refractivity contribution >= 4 is 29.4 Å². The second kappa shape index (κ2) is 10.2. The predicted octanol–water partition coefficient (Wildman–Crippen LogP) is -2.09. The van der Waals surface area contributed by atoms with Crippen molar-refractivity contribution in [2.75, 3.05) is 12.4 Å². The molecule has 3 unspecified atom stereocenters. The predicted molar refractivity (Wildman–Crippen MR) is 104 cm³/mol. The number of phosphoric ester groups is 1. The van der Waals surface area contributed by atoms with Crippen LogP contribution < -0.4 is 11.4 Å². The average Bonchev–Trinajstić information content (AvgIpc) is 2.88. The Bertz CT molecular complexity index is 1180. The first-order valence-electron chi connectivity index (χ1n) is 8.55. The number of hydrogen-bond acceptors (Lipinski definition) is 13. The molecular weight excluding hydrogens is 536 g/mol. The van der Waals surface area contributed by atoms with Gasteiger partial charge in [-0.15, -0.1) is 0 Å². The fourth-order valence-corrected chi connectivity index (χ4v) is 5.96. The van der Waals surface area contributed by atoms with E-state index in [1.807, 2.05) is 11.8 Å². The number of nitrogens with two attached hydrogens (primary N) is 1. The van der Waals surface area contributed by atoms with Crippen LogP contribution in [0.2, 0.25) is 0 Å². The number of anilines is 1. The molecule has 0 radical (unpaired) electrons. The minimum Gasteiger partial charge on any atom is -0.386 e. The topological polar surface area (TPSA) is 283 Å². The van der Waals surface area contributed by atoms with E-state index in [4.69, 9.17) is 20.3 Å².